The first kappa shape index (κ1) is 18.9. The van der Waals surface area contributed by atoms with E-state index in [1.54, 1.807) is 0 Å². The van der Waals surface area contributed by atoms with Gasteiger partial charge in [0.1, 0.15) is 0 Å². The van der Waals surface area contributed by atoms with Gasteiger partial charge >= 0.3 is 0 Å². The minimum absolute atomic E-state index is 0.330. The monoisotopic (exact) mass is 304 g/mol. The van der Waals surface area contributed by atoms with E-state index in [4.69, 9.17) is 0 Å². The second kappa shape index (κ2) is 8.50. The minimum atomic E-state index is -0.765. The number of aliphatic hydroxyl groups is 2. The maximum Gasteiger partial charge on any atom is 0.0802 e. The van der Waals surface area contributed by atoms with Crippen LogP contribution in [0.3, 0.4) is 0 Å². The van der Waals surface area contributed by atoms with Gasteiger partial charge in [-0.25, -0.2) is 0 Å². The summed E-state index contributed by atoms with van der Waals surface area (Å²) < 4.78 is 0. The van der Waals surface area contributed by atoms with Gasteiger partial charge < -0.3 is 10.2 Å². The van der Waals surface area contributed by atoms with E-state index in [2.05, 4.69) is 45.9 Å². The van der Waals surface area contributed by atoms with Gasteiger partial charge in [-0.1, -0.05) is 55.4 Å². The third-order valence-corrected chi connectivity index (χ3v) is 4.19. The second-order valence-corrected chi connectivity index (χ2v) is 7.11. The third-order valence-electron chi connectivity index (χ3n) is 4.19. The first-order valence-corrected chi connectivity index (χ1v) is 8.32. The minimum Gasteiger partial charge on any atom is -0.388 e. The van der Waals surface area contributed by atoms with Crippen LogP contribution in [0.2, 0.25) is 0 Å². The molecule has 0 saturated carbocycles. The average molecular weight is 304 g/mol. The van der Waals surface area contributed by atoms with E-state index in [0.717, 1.165) is 18.4 Å². The molecule has 0 amide bonds. The largest absolute Gasteiger partial charge is 0.388 e. The number of aliphatic hydroxyl groups excluding tert-OH is 1. The Bertz CT molecular complexity index is 476. The van der Waals surface area contributed by atoms with Gasteiger partial charge in [0, 0.05) is 0 Å². The fourth-order valence-electron chi connectivity index (χ4n) is 2.69. The lowest BCUT2D eigenvalue weighted by Gasteiger charge is -2.20. The van der Waals surface area contributed by atoms with E-state index in [1.165, 1.54) is 11.1 Å². The SMILES string of the molecule is CC1=CC=C(C(C)C)C(O)CC(C)=CCCC(C)(O)C=CC1. The zero-order valence-electron chi connectivity index (χ0n) is 14.8. The summed E-state index contributed by atoms with van der Waals surface area (Å²) in [6.45, 7) is 10.2. The van der Waals surface area contributed by atoms with Crippen molar-refractivity contribution >= 4 is 0 Å². The van der Waals surface area contributed by atoms with Crippen LogP contribution in [-0.2, 0) is 0 Å². The molecule has 0 aromatic rings. The third kappa shape index (κ3) is 6.76. The summed E-state index contributed by atoms with van der Waals surface area (Å²) in [5.74, 6) is 0.330. The molecule has 0 aromatic carbocycles. The van der Waals surface area contributed by atoms with Crippen molar-refractivity contribution in [2.75, 3.05) is 0 Å². The summed E-state index contributed by atoms with van der Waals surface area (Å²) in [5, 5.41) is 20.8. The second-order valence-electron chi connectivity index (χ2n) is 7.11. The molecule has 0 saturated heterocycles. The van der Waals surface area contributed by atoms with E-state index < -0.39 is 11.7 Å². The molecule has 1 aliphatic carbocycles. The molecule has 2 N–H and O–H groups in total. The highest BCUT2D eigenvalue weighted by atomic mass is 16.3. The topological polar surface area (TPSA) is 40.5 Å². The van der Waals surface area contributed by atoms with Gasteiger partial charge in [0.05, 0.1) is 11.7 Å². The van der Waals surface area contributed by atoms with Crippen LogP contribution in [0.4, 0.5) is 0 Å². The molecule has 1 aliphatic rings. The highest BCUT2D eigenvalue weighted by Crippen LogP contribution is 2.23. The molecule has 2 nitrogen and oxygen atoms in total. The molecule has 124 valence electrons. The Balaban J connectivity index is 3.08. The van der Waals surface area contributed by atoms with Crippen LogP contribution in [-0.4, -0.2) is 21.9 Å². The summed E-state index contributed by atoms with van der Waals surface area (Å²) >= 11 is 0. The fraction of sp³-hybridized carbons (Fsp3) is 0.600. The van der Waals surface area contributed by atoms with Crippen molar-refractivity contribution in [3.8, 4) is 0 Å². The molecule has 0 heterocycles. The van der Waals surface area contributed by atoms with Crippen molar-refractivity contribution in [3.63, 3.8) is 0 Å². The zero-order chi connectivity index (χ0) is 16.8. The lowest BCUT2D eigenvalue weighted by atomic mass is 9.91. The van der Waals surface area contributed by atoms with Crippen LogP contribution in [0.5, 0.6) is 0 Å². The highest BCUT2D eigenvalue weighted by molar-refractivity contribution is 5.24. The molecule has 2 unspecified atom stereocenters. The van der Waals surface area contributed by atoms with Crippen molar-refractivity contribution in [3.05, 3.63) is 47.1 Å². The predicted octanol–water partition coefficient (Wildman–Crippen LogP) is 4.70. The molecule has 2 atom stereocenters. The lowest BCUT2D eigenvalue weighted by molar-refractivity contribution is 0.103. The van der Waals surface area contributed by atoms with Crippen LogP contribution >= 0.6 is 0 Å². The van der Waals surface area contributed by atoms with Gasteiger partial charge in [-0.05, 0) is 57.9 Å². The molecule has 1 rings (SSSR count). The van der Waals surface area contributed by atoms with Crippen molar-refractivity contribution in [1.29, 1.82) is 0 Å². The van der Waals surface area contributed by atoms with E-state index in [1.807, 2.05) is 19.1 Å². The Kier molecular flexibility index (Phi) is 7.31. The first-order chi connectivity index (χ1) is 10.2. The first-order valence-electron chi connectivity index (χ1n) is 8.32. The van der Waals surface area contributed by atoms with Crippen molar-refractivity contribution in [1.82, 2.24) is 0 Å². The molecule has 0 aromatic heterocycles. The van der Waals surface area contributed by atoms with Gasteiger partial charge in [0.2, 0.25) is 0 Å². The highest BCUT2D eigenvalue weighted by Gasteiger charge is 2.17. The Morgan fingerprint density at radius 3 is 2.50 bits per heavy atom. The van der Waals surface area contributed by atoms with E-state index in [9.17, 15) is 10.2 Å². The molecular formula is C20H32O2. The van der Waals surface area contributed by atoms with Crippen LogP contribution in [0.25, 0.3) is 0 Å². The van der Waals surface area contributed by atoms with Crippen molar-refractivity contribution in [2.24, 2.45) is 5.92 Å². The zero-order valence-corrected chi connectivity index (χ0v) is 14.8. The van der Waals surface area contributed by atoms with E-state index >= 15 is 0 Å². The van der Waals surface area contributed by atoms with Gasteiger partial charge in [0.25, 0.3) is 0 Å². The quantitative estimate of drug-likeness (QED) is 0.689. The molecule has 0 fully saturated rings. The Morgan fingerprint density at radius 1 is 1.18 bits per heavy atom. The van der Waals surface area contributed by atoms with Crippen LogP contribution in [0, 0.1) is 5.92 Å². The van der Waals surface area contributed by atoms with Crippen LogP contribution in [0.15, 0.2) is 47.1 Å². The normalized spacial score (nSPS) is 28.7. The molecular weight excluding hydrogens is 272 g/mol. The number of rotatable bonds is 1. The fourth-order valence-corrected chi connectivity index (χ4v) is 2.69. The average Bonchev–Trinajstić information content (AvgIpc) is 2.36. The summed E-state index contributed by atoms with van der Waals surface area (Å²) in [6, 6.07) is 0. The number of allylic oxidation sites excluding steroid dienone is 5. The summed E-state index contributed by atoms with van der Waals surface area (Å²) in [7, 11) is 0. The van der Waals surface area contributed by atoms with Gasteiger partial charge in [-0.15, -0.1) is 0 Å². The molecule has 22 heavy (non-hydrogen) atoms. The smallest absolute Gasteiger partial charge is 0.0802 e. The predicted molar refractivity (Wildman–Crippen MR) is 94.7 cm³/mol. The van der Waals surface area contributed by atoms with Gasteiger partial charge in [-0.3, -0.25) is 0 Å². The van der Waals surface area contributed by atoms with Gasteiger partial charge in [0.15, 0.2) is 0 Å². The Morgan fingerprint density at radius 2 is 1.86 bits per heavy atom. The molecule has 0 aliphatic heterocycles. The van der Waals surface area contributed by atoms with Crippen LogP contribution in [0.1, 0.15) is 60.3 Å². The number of hydrogen-bond donors (Lipinski definition) is 2. The molecule has 2 heteroatoms. The molecule has 0 radical (unpaired) electrons. The van der Waals surface area contributed by atoms with Gasteiger partial charge in [-0.2, -0.15) is 0 Å². The molecule has 0 spiro atoms. The lowest BCUT2D eigenvalue weighted by Crippen LogP contribution is -2.20. The summed E-state index contributed by atoms with van der Waals surface area (Å²) in [4.78, 5) is 0. The number of hydrogen-bond acceptors (Lipinski definition) is 2. The van der Waals surface area contributed by atoms with Crippen LogP contribution < -0.4 is 0 Å². The standard InChI is InChI=1S/C20H32O2/c1-15(2)18-11-10-16(3)8-6-12-20(5,22)13-7-9-17(4)14-19(18)21/h6,9-12,15,19,21-22H,7-8,13-14H2,1-5H3. The van der Waals surface area contributed by atoms with E-state index in [0.29, 0.717) is 18.8 Å². The summed E-state index contributed by atoms with van der Waals surface area (Å²) in [5.41, 5.74) is 2.72. The van der Waals surface area contributed by atoms with Crippen molar-refractivity contribution in [2.45, 2.75) is 72.0 Å². The van der Waals surface area contributed by atoms with Crippen molar-refractivity contribution < 1.29 is 10.2 Å². The molecule has 0 bridgehead atoms. The maximum atomic E-state index is 10.5. The Hall–Kier alpha value is -1.12. The summed E-state index contributed by atoms with van der Waals surface area (Å²) in [6.07, 6.45) is 12.8. The van der Waals surface area contributed by atoms with E-state index in [-0.39, 0.29) is 0 Å². The maximum absolute atomic E-state index is 10.5. The Labute approximate surface area is 135 Å².